The van der Waals surface area contributed by atoms with Gasteiger partial charge in [-0.2, -0.15) is 0 Å². The van der Waals surface area contributed by atoms with Crippen LogP contribution < -0.4 is 0 Å². The fourth-order valence-corrected chi connectivity index (χ4v) is 5.48. The number of rotatable bonds is 6. The van der Waals surface area contributed by atoms with Gasteiger partial charge in [-0.25, -0.2) is 13.4 Å². The Morgan fingerprint density at radius 3 is 2.23 bits per heavy atom. The van der Waals surface area contributed by atoms with Crippen molar-refractivity contribution in [3.05, 3.63) is 95.3 Å². The summed E-state index contributed by atoms with van der Waals surface area (Å²) in [5.74, 6) is -0.642. The predicted octanol–water partition coefficient (Wildman–Crippen LogP) is 4.68. The second kappa shape index (κ2) is 7.88. The maximum atomic E-state index is 13.7. The van der Waals surface area contributed by atoms with Gasteiger partial charge in [0, 0.05) is 0 Å². The molecule has 0 bridgehead atoms. The van der Waals surface area contributed by atoms with Gasteiger partial charge in [-0.05, 0) is 49.2 Å². The second-order valence-electron chi connectivity index (χ2n) is 7.49. The number of aryl methyl sites for hydroxylation is 2. The molecule has 4 rings (SSSR count). The number of aromatic amines is 1. The number of imidazole rings is 1. The van der Waals surface area contributed by atoms with Crippen LogP contribution >= 0.6 is 0 Å². The van der Waals surface area contributed by atoms with Gasteiger partial charge in [0.15, 0.2) is 9.84 Å². The van der Waals surface area contributed by atoms with Crippen molar-refractivity contribution >= 4 is 27.2 Å². The first-order valence-corrected chi connectivity index (χ1v) is 11.2. The van der Waals surface area contributed by atoms with Crippen molar-refractivity contribution in [2.24, 2.45) is 0 Å². The van der Waals surface area contributed by atoms with Gasteiger partial charge in [0.05, 0.1) is 21.8 Å². The van der Waals surface area contributed by atoms with Crippen LogP contribution in [0.2, 0.25) is 0 Å². The Bertz CT molecular complexity index is 1290. The van der Waals surface area contributed by atoms with Gasteiger partial charge in [-0.3, -0.25) is 0 Å². The normalized spacial score (nSPS) is 13.8. The summed E-state index contributed by atoms with van der Waals surface area (Å²) < 4.78 is 27.5. The molecule has 2 atom stereocenters. The van der Waals surface area contributed by atoms with Crippen LogP contribution in [0.15, 0.2) is 77.7 Å². The van der Waals surface area contributed by atoms with Gasteiger partial charge in [0.25, 0.3) is 0 Å². The van der Waals surface area contributed by atoms with Crippen molar-refractivity contribution in [3.8, 4) is 0 Å². The van der Waals surface area contributed by atoms with E-state index in [1.165, 1.54) is 0 Å². The Labute approximate surface area is 175 Å². The summed E-state index contributed by atoms with van der Waals surface area (Å²) in [6.45, 7) is 3.85. The van der Waals surface area contributed by atoms with Crippen LogP contribution in [0, 0.1) is 13.8 Å². The molecule has 0 aliphatic carbocycles. The van der Waals surface area contributed by atoms with Crippen molar-refractivity contribution in [2.75, 3.05) is 0 Å². The molecule has 152 valence electrons. The van der Waals surface area contributed by atoms with E-state index >= 15 is 0 Å². The summed E-state index contributed by atoms with van der Waals surface area (Å²) in [5, 5.41) is -1.17. The number of benzene rings is 3. The molecule has 0 amide bonds. The third-order valence-electron chi connectivity index (χ3n) is 5.27. The van der Waals surface area contributed by atoms with E-state index < -0.39 is 21.0 Å². The third kappa shape index (κ3) is 3.66. The molecular weight excluding hydrogens is 396 g/mol. The first kappa shape index (κ1) is 20.0. The molecule has 0 aliphatic heterocycles. The molecule has 6 heteroatoms. The molecule has 0 saturated carbocycles. The minimum absolute atomic E-state index is 0.164. The average Bonchev–Trinajstić information content (AvgIpc) is 3.15. The quantitative estimate of drug-likeness (QED) is 0.461. The topological polar surface area (TPSA) is 79.9 Å². The van der Waals surface area contributed by atoms with Gasteiger partial charge >= 0.3 is 0 Å². The molecule has 1 N–H and O–H groups in total. The molecule has 0 saturated heterocycles. The lowest BCUT2D eigenvalue weighted by Crippen LogP contribution is -2.23. The molecule has 0 fully saturated rings. The zero-order valence-corrected chi connectivity index (χ0v) is 17.6. The van der Waals surface area contributed by atoms with E-state index in [2.05, 4.69) is 9.97 Å². The predicted molar refractivity (Wildman–Crippen MR) is 117 cm³/mol. The fourth-order valence-electron chi connectivity index (χ4n) is 3.65. The second-order valence-corrected chi connectivity index (χ2v) is 9.56. The largest absolute Gasteiger partial charge is 0.341 e. The number of carbonyl (C=O) groups excluding carboxylic acids is 1. The number of sulfone groups is 1. The van der Waals surface area contributed by atoms with E-state index in [4.69, 9.17) is 0 Å². The van der Waals surface area contributed by atoms with E-state index in [0.717, 1.165) is 16.6 Å². The van der Waals surface area contributed by atoms with Crippen LogP contribution in [0.25, 0.3) is 11.0 Å². The van der Waals surface area contributed by atoms with Crippen LogP contribution in [0.1, 0.15) is 33.7 Å². The Kier molecular flexibility index (Phi) is 5.26. The molecular formula is C24H22N2O3S. The summed E-state index contributed by atoms with van der Waals surface area (Å²) in [6.07, 6.45) is 0.699. The number of nitrogens with zero attached hydrogens (tertiary/aromatic N) is 1. The zero-order valence-electron chi connectivity index (χ0n) is 16.7. The van der Waals surface area contributed by atoms with Crippen molar-refractivity contribution < 1.29 is 13.2 Å². The molecule has 1 heterocycles. The molecule has 1 aromatic heterocycles. The smallest absolute Gasteiger partial charge is 0.189 e. The van der Waals surface area contributed by atoms with E-state index in [-0.39, 0.29) is 10.7 Å². The standard InChI is InChI=1S/C24H22N2O3S/c1-16-8-11-19(12-9-16)30(28,29)23(20(15-27)18-6-4-3-5-7-18)24-25-21-13-10-17(2)14-22(21)26-24/h3-15,20,23H,1-2H3,(H,25,26). The highest BCUT2D eigenvalue weighted by molar-refractivity contribution is 7.91. The molecule has 0 radical (unpaired) electrons. The van der Waals surface area contributed by atoms with E-state index in [1.807, 2.05) is 38.1 Å². The lowest BCUT2D eigenvalue weighted by molar-refractivity contribution is -0.109. The van der Waals surface area contributed by atoms with E-state index in [1.54, 1.807) is 48.5 Å². The van der Waals surface area contributed by atoms with E-state index in [0.29, 0.717) is 17.4 Å². The molecule has 30 heavy (non-hydrogen) atoms. The summed E-state index contributed by atoms with van der Waals surface area (Å²) in [5.41, 5.74) is 4.02. The Morgan fingerprint density at radius 2 is 1.57 bits per heavy atom. The molecule has 4 aromatic rings. The first-order chi connectivity index (χ1) is 14.4. The number of hydrogen-bond donors (Lipinski definition) is 1. The minimum atomic E-state index is -3.91. The van der Waals surface area contributed by atoms with Crippen molar-refractivity contribution in [3.63, 3.8) is 0 Å². The Hall–Kier alpha value is -3.25. The van der Waals surface area contributed by atoms with Gasteiger partial charge in [0.1, 0.15) is 17.4 Å². The molecule has 3 aromatic carbocycles. The summed E-state index contributed by atoms with van der Waals surface area (Å²) in [6, 6.07) is 21.3. The number of H-pyrrole nitrogens is 1. The number of nitrogens with one attached hydrogen (secondary N) is 1. The molecule has 0 aliphatic rings. The minimum Gasteiger partial charge on any atom is -0.341 e. The van der Waals surface area contributed by atoms with Crippen molar-refractivity contribution in [1.82, 2.24) is 9.97 Å². The van der Waals surface area contributed by atoms with Crippen LogP contribution in [-0.2, 0) is 14.6 Å². The molecule has 2 unspecified atom stereocenters. The highest BCUT2D eigenvalue weighted by atomic mass is 32.2. The van der Waals surface area contributed by atoms with Gasteiger partial charge in [0.2, 0.25) is 0 Å². The van der Waals surface area contributed by atoms with Crippen LogP contribution in [-0.4, -0.2) is 24.7 Å². The van der Waals surface area contributed by atoms with Crippen LogP contribution in [0.3, 0.4) is 0 Å². The van der Waals surface area contributed by atoms with Gasteiger partial charge < -0.3 is 9.78 Å². The van der Waals surface area contributed by atoms with Crippen LogP contribution in [0.5, 0.6) is 0 Å². The van der Waals surface area contributed by atoms with Crippen molar-refractivity contribution in [1.29, 1.82) is 0 Å². The Balaban J connectivity index is 1.93. The summed E-state index contributed by atoms with van der Waals surface area (Å²) in [7, 11) is -3.91. The lowest BCUT2D eigenvalue weighted by atomic mass is 9.96. The maximum Gasteiger partial charge on any atom is 0.189 e. The Morgan fingerprint density at radius 1 is 0.900 bits per heavy atom. The average molecular weight is 419 g/mol. The molecule has 5 nitrogen and oxygen atoms in total. The zero-order chi connectivity index (χ0) is 21.3. The summed E-state index contributed by atoms with van der Waals surface area (Å²) >= 11 is 0. The highest BCUT2D eigenvalue weighted by Crippen LogP contribution is 2.39. The third-order valence-corrected chi connectivity index (χ3v) is 7.38. The highest BCUT2D eigenvalue weighted by Gasteiger charge is 2.39. The van der Waals surface area contributed by atoms with Gasteiger partial charge in [-0.15, -0.1) is 0 Å². The van der Waals surface area contributed by atoms with E-state index in [9.17, 15) is 13.2 Å². The van der Waals surface area contributed by atoms with Gasteiger partial charge in [-0.1, -0.05) is 54.1 Å². The lowest BCUT2D eigenvalue weighted by Gasteiger charge is -2.22. The monoisotopic (exact) mass is 418 g/mol. The molecule has 0 spiro atoms. The number of aldehydes is 1. The number of hydrogen-bond acceptors (Lipinski definition) is 4. The maximum absolute atomic E-state index is 13.7. The first-order valence-electron chi connectivity index (χ1n) is 9.67. The number of fused-ring (bicyclic) bond motifs is 1. The fraction of sp³-hybridized carbons (Fsp3) is 0.167. The number of aromatic nitrogens is 2. The van der Waals surface area contributed by atoms with Crippen LogP contribution in [0.4, 0.5) is 0 Å². The summed E-state index contributed by atoms with van der Waals surface area (Å²) in [4.78, 5) is 20.1. The number of carbonyl (C=O) groups is 1. The SMILES string of the molecule is Cc1ccc(S(=O)(=O)C(c2nc3cc(C)ccc3[nH]2)C(C=O)c2ccccc2)cc1. The van der Waals surface area contributed by atoms with Crippen molar-refractivity contribution in [2.45, 2.75) is 29.9 Å².